The third-order valence-corrected chi connectivity index (χ3v) is 6.53. The van der Waals surface area contributed by atoms with Gasteiger partial charge in [-0.1, -0.05) is 28.1 Å². The van der Waals surface area contributed by atoms with Gasteiger partial charge in [-0.25, -0.2) is 8.42 Å². The van der Waals surface area contributed by atoms with Gasteiger partial charge < -0.3 is 4.90 Å². The van der Waals surface area contributed by atoms with Gasteiger partial charge in [0.25, 0.3) is 0 Å². The number of hydrogen-bond acceptors (Lipinski definition) is 4. The minimum absolute atomic E-state index is 0.0836. The van der Waals surface area contributed by atoms with Gasteiger partial charge in [0, 0.05) is 36.5 Å². The number of halogens is 1. The molecule has 1 saturated carbocycles. The molecule has 1 heterocycles. The van der Waals surface area contributed by atoms with Crippen molar-refractivity contribution in [3.8, 4) is 0 Å². The van der Waals surface area contributed by atoms with Crippen molar-refractivity contribution in [2.24, 2.45) is 0 Å². The van der Waals surface area contributed by atoms with Gasteiger partial charge in [0.2, 0.25) is 15.9 Å². The van der Waals surface area contributed by atoms with Crippen molar-refractivity contribution < 1.29 is 13.2 Å². The molecule has 1 amide bonds. The maximum absolute atomic E-state index is 12.8. The fraction of sp³-hybridized carbons (Fsp3) is 0.333. The van der Waals surface area contributed by atoms with Gasteiger partial charge in [-0.05, 0) is 42.7 Å². The maximum Gasteiger partial charge on any atom is 0.244 e. The van der Waals surface area contributed by atoms with Gasteiger partial charge >= 0.3 is 0 Å². The number of rotatable bonds is 7. The molecule has 1 aromatic heterocycles. The first-order chi connectivity index (χ1) is 12.4. The third-order valence-electron chi connectivity index (χ3n) is 4.25. The number of benzene rings is 1. The van der Waals surface area contributed by atoms with Crippen molar-refractivity contribution in [2.75, 3.05) is 13.6 Å². The molecule has 1 aliphatic carbocycles. The van der Waals surface area contributed by atoms with Crippen LogP contribution >= 0.6 is 15.9 Å². The molecule has 6 nitrogen and oxygen atoms in total. The molecule has 0 spiro atoms. The van der Waals surface area contributed by atoms with Crippen molar-refractivity contribution in [1.82, 2.24) is 14.2 Å². The van der Waals surface area contributed by atoms with Crippen LogP contribution in [0.2, 0.25) is 0 Å². The van der Waals surface area contributed by atoms with Crippen LogP contribution in [0.3, 0.4) is 0 Å². The molecule has 0 saturated heterocycles. The number of amides is 1. The zero-order chi connectivity index (χ0) is 18.7. The summed E-state index contributed by atoms with van der Waals surface area (Å²) in [5, 5.41) is 0. The van der Waals surface area contributed by atoms with Crippen LogP contribution in [0.1, 0.15) is 18.4 Å². The second-order valence-electron chi connectivity index (χ2n) is 6.33. The Morgan fingerprint density at radius 3 is 2.65 bits per heavy atom. The van der Waals surface area contributed by atoms with E-state index in [1.807, 2.05) is 24.3 Å². The molecular formula is C18H20BrN3O3S. The fourth-order valence-corrected chi connectivity index (χ4v) is 4.22. The SMILES string of the molecule is CN(CC(=O)N(Cc1cccc(Br)c1)C1CC1)S(=O)(=O)c1cccnc1. The second-order valence-corrected chi connectivity index (χ2v) is 9.29. The average molecular weight is 438 g/mol. The lowest BCUT2D eigenvalue weighted by atomic mass is 10.2. The summed E-state index contributed by atoms with van der Waals surface area (Å²) in [6.45, 7) is 0.283. The zero-order valence-electron chi connectivity index (χ0n) is 14.4. The minimum Gasteiger partial charge on any atom is -0.334 e. The van der Waals surface area contributed by atoms with Gasteiger partial charge in [-0.15, -0.1) is 0 Å². The molecule has 0 N–H and O–H groups in total. The molecule has 138 valence electrons. The first kappa shape index (κ1) is 19.0. The van der Waals surface area contributed by atoms with Gasteiger partial charge in [0.1, 0.15) is 4.90 Å². The average Bonchev–Trinajstić information content (AvgIpc) is 3.45. The Balaban J connectivity index is 1.72. The number of likely N-dealkylation sites (N-methyl/N-ethyl adjacent to an activating group) is 1. The normalized spacial score (nSPS) is 14.4. The van der Waals surface area contributed by atoms with Crippen LogP contribution in [-0.2, 0) is 21.4 Å². The quantitative estimate of drug-likeness (QED) is 0.667. The fourth-order valence-electron chi connectivity index (χ4n) is 2.69. The minimum atomic E-state index is -3.74. The lowest BCUT2D eigenvalue weighted by Crippen LogP contribution is -2.41. The summed E-state index contributed by atoms with van der Waals surface area (Å²) in [6, 6.07) is 11.0. The topological polar surface area (TPSA) is 70.6 Å². The number of aromatic nitrogens is 1. The number of pyridine rings is 1. The van der Waals surface area contributed by atoms with Crippen LogP contribution in [0.4, 0.5) is 0 Å². The summed E-state index contributed by atoms with van der Waals surface area (Å²) < 4.78 is 27.2. The van der Waals surface area contributed by atoms with E-state index in [2.05, 4.69) is 20.9 Å². The lowest BCUT2D eigenvalue weighted by molar-refractivity contribution is -0.132. The number of carbonyl (C=O) groups excluding carboxylic acids is 1. The van der Waals surface area contributed by atoms with E-state index in [0.29, 0.717) is 6.54 Å². The molecule has 26 heavy (non-hydrogen) atoms. The predicted molar refractivity (Wildman–Crippen MR) is 102 cm³/mol. The Morgan fingerprint density at radius 2 is 2.04 bits per heavy atom. The van der Waals surface area contributed by atoms with Crippen molar-refractivity contribution in [3.05, 3.63) is 58.8 Å². The van der Waals surface area contributed by atoms with Crippen LogP contribution in [-0.4, -0.2) is 48.1 Å². The smallest absolute Gasteiger partial charge is 0.244 e. The summed E-state index contributed by atoms with van der Waals surface area (Å²) in [6.07, 6.45) is 4.71. The van der Waals surface area contributed by atoms with Crippen molar-refractivity contribution in [3.63, 3.8) is 0 Å². The van der Waals surface area contributed by atoms with E-state index in [1.165, 1.54) is 25.5 Å². The van der Waals surface area contributed by atoms with Gasteiger partial charge in [0.15, 0.2) is 0 Å². The first-order valence-electron chi connectivity index (χ1n) is 8.28. The number of hydrogen-bond donors (Lipinski definition) is 0. The largest absolute Gasteiger partial charge is 0.334 e. The summed E-state index contributed by atoms with van der Waals surface area (Å²) in [5.41, 5.74) is 1.01. The molecule has 1 aliphatic rings. The Labute approximate surface area is 162 Å². The first-order valence-corrected chi connectivity index (χ1v) is 10.5. The van der Waals surface area contributed by atoms with Crippen LogP contribution in [0.5, 0.6) is 0 Å². The standard InChI is InChI=1S/C18H20BrN3O3S/c1-21(26(24,25)17-6-3-9-20-11-17)13-18(23)22(16-7-8-16)12-14-4-2-5-15(19)10-14/h2-6,9-11,16H,7-8,12-13H2,1H3. The molecule has 0 atom stereocenters. The van der Waals surface area contributed by atoms with E-state index >= 15 is 0 Å². The van der Waals surface area contributed by atoms with E-state index in [1.54, 1.807) is 11.0 Å². The lowest BCUT2D eigenvalue weighted by Gasteiger charge is -2.25. The predicted octanol–water partition coefficient (Wildman–Crippen LogP) is 2.66. The molecule has 0 radical (unpaired) electrons. The van der Waals surface area contributed by atoms with Gasteiger partial charge in [-0.3, -0.25) is 9.78 Å². The van der Waals surface area contributed by atoms with E-state index in [9.17, 15) is 13.2 Å². The Hall–Kier alpha value is -1.77. The maximum atomic E-state index is 12.8. The molecule has 0 unspecified atom stereocenters. The zero-order valence-corrected chi connectivity index (χ0v) is 16.8. The highest BCUT2D eigenvalue weighted by atomic mass is 79.9. The van der Waals surface area contributed by atoms with E-state index in [-0.39, 0.29) is 23.4 Å². The number of nitrogens with zero attached hydrogens (tertiary/aromatic N) is 3. The monoisotopic (exact) mass is 437 g/mol. The second kappa shape index (κ2) is 7.85. The molecular weight excluding hydrogens is 418 g/mol. The van der Waals surface area contributed by atoms with E-state index in [0.717, 1.165) is 27.2 Å². The highest BCUT2D eigenvalue weighted by molar-refractivity contribution is 9.10. The molecule has 3 rings (SSSR count). The van der Waals surface area contributed by atoms with Crippen molar-refractivity contribution >= 4 is 31.9 Å². The van der Waals surface area contributed by atoms with Crippen LogP contribution < -0.4 is 0 Å². The van der Waals surface area contributed by atoms with Crippen LogP contribution in [0.25, 0.3) is 0 Å². The third kappa shape index (κ3) is 4.49. The molecule has 2 aromatic rings. The van der Waals surface area contributed by atoms with E-state index in [4.69, 9.17) is 0 Å². The summed E-state index contributed by atoms with van der Waals surface area (Å²) in [4.78, 5) is 18.5. The molecule has 8 heteroatoms. The van der Waals surface area contributed by atoms with Gasteiger partial charge in [-0.2, -0.15) is 4.31 Å². The van der Waals surface area contributed by atoms with E-state index < -0.39 is 10.0 Å². The van der Waals surface area contributed by atoms with Crippen LogP contribution in [0, 0.1) is 0 Å². The number of sulfonamides is 1. The summed E-state index contributed by atoms with van der Waals surface area (Å²) in [5.74, 6) is -0.192. The molecule has 1 aromatic carbocycles. The highest BCUT2D eigenvalue weighted by Crippen LogP contribution is 2.29. The highest BCUT2D eigenvalue weighted by Gasteiger charge is 2.34. The molecule has 0 aliphatic heterocycles. The summed E-state index contributed by atoms with van der Waals surface area (Å²) in [7, 11) is -2.32. The Kier molecular flexibility index (Phi) is 5.74. The Morgan fingerprint density at radius 1 is 1.27 bits per heavy atom. The van der Waals surface area contributed by atoms with Gasteiger partial charge in [0.05, 0.1) is 6.54 Å². The summed E-state index contributed by atoms with van der Waals surface area (Å²) >= 11 is 3.44. The molecule has 0 bridgehead atoms. The van der Waals surface area contributed by atoms with Crippen molar-refractivity contribution in [2.45, 2.75) is 30.3 Å². The number of carbonyl (C=O) groups is 1. The molecule has 1 fully saturated rings. The van der Waals surface area contributed by atoms with Crippen molar-refractivity contribution in [1.29, 1.82) is 0 Å². The Bertz CT molecular complexity index is 886. The van der Waals surface area contributed by atoms with Crippen LogP contribution in [0.15, 0.2) is 58.2 Å².